The first-order valence-corrected chi connectivity index (χ1v) is 9.39. The molecule has 1 aliphatic rings. The van der Waals surface area contributed by atoms with E-state index in [1.165, 1.54) is 0 Å². The van der Waals surface area contributed by atoms with Crippen LogP contribution >= 0.6 is 22.6 Å². The van der Waals surface area contributed by atoms with Gasteiger partial charge < -0.3 is 15.4 Å². The van der Waals surface area contributed by atoms with Gasteiger partial charge in [-0.05, 0) is 46.4 Å². The second-order valence-electron chi connectivity index (χ2n) is 6.04. The Balaban J connectivity index is 1.56. The molecule has 0 radical (unpaired) electrons. The van der Waals surface area contributed by atoms with Gasteiger partial charge in [-0.3, -0.25) is 9.69 Å². The molecule has 2 N–H and O–H groups in total. The summed E-state index contributed by atoms with van der Waals surface area (Å²) < 4.78 is 5.88. The number of halogens is 1. The van der Waals surface area contributed by atoms with Gasteiger partial charge in [0.15, 0.2) is 6.61 Å². The van der Waals surface area contributed by atoms with E-state index in [9.17, 15) is 14.4 Å². The number of urea groups is 1. The van der Waals surface area contributed by atoms with Crippen LogP contribution in [-0.2, 0) is 16.1 Å². The number of nitrogens with zero attached hydrogens (tertiary/aromatic N) is 2. The maximum Gasteiger partial charge on any atom is 0.340 e. The standard InChI is InChI=1S/C19H18IN3O4/c20-14-6-7-16(21)15(10-14)18(25)27-12-17(24)23-9-8-22(19(23)26)11-13-4-2-1-3-5-13/h1-7,10H,8-9,11-12,21H2. The fraction of sp³-hybridized carbons (Fsp3) is 0.211. The van der Waals surface area contributed by atoms with E-state index in [0.717, 1.165) is 14.0 Å². The molecule has 1 fully saturated rings. The molecule has 0 unspecified atom stereocenters. The van der Waals surface area contributed by atoms with Crippen molar-refractivity contribution in [1.29, 1.82) is 0 Å². The van der Waals surface area contributed by atoms with Crippen LogP contribution in [0.3, 0.4) is 0 Å². The van der Waals surface area contributed by atoms with Crippen LogP contribution < -0.4 is 5.73 Å². The fourth-order valence-corrected chi connectivity index (χ4v) is 3.24. The van der Waals surface area contributed by atoms with Gasteiger partial charge in [-0.2, -0.15) is 0 Å². The summed E-state index contributed by atoms with van der Waals surface area (Å²) in [5, 5.41) is 0. The number of amides is 3. The number of ether oxygens (including phenoxy) is 1. The van der Waals surface area contributed by atoms with Crippen molar-refractivity contribution in [2.45, 2.75) is 6.54 Å². The fourth-order valence-electron chi connectivity index (χ4n) is 2.75. The summed E-state index contributed by atoms with van der Waals surface area (Å²) in [4.78, 5) is 39.6. The molecular weight excluding hydrogens is 461 g/mol. The van der Waals surface area contributed by atoms with Crippen LogP contribution in [0, 0.1) is 3.57 Å². The Labute approximate surface area is 170 Å². The molecule has 7 nitrogen and oxygen atoms in total. The number of benzene rings is 2. The molecule has 0 bridgehead atoms. The number of rotatable bonds is 5. The summed E-state index contributed by atoms with van der Waals surface area (Å²) in [6.45, 7) is 0.640. The number of nitrogen functional groups attached to an aromatic ring is 1. The van der Waals surface area contributed by atoms with Crippen LogP contribution in [0.2, 0.25) is 0 Å². The van der Waals surface area contributed by atoms with Crippen LogP contribution in [0.25, 0.3) is 0 Å². The van der Waals surface area contributed by atoms with E-state index < -0.39 is 18.5 Å². The van der Waals surface area contributed by atoms with Crippen LogP contribution in [-0.4, -0.2) is 47.4 Å². The van der Waals surface area contributed by atoms with Crippen LogP contribution in [0.4, 0.5) is 10.5 Å². The summed E-state index contributed by atoms with van der Waals surface area (Å²) in [7, 11) is 0. The van der Waals surface area contributed by atoms with Gasteiger partial charge in [-0.25, -0.2) is 9.59 Å². The number of carbonyl (C=O) groups excluding carboxylic acids is 3. The molecule has 0 spiro atoms. The Hall–Kier alpha value is -2.62. The van der Waals surface area contributed by atoms with Gasteiger partial charge in [-0.15, -0.1) is 0 Å². The molecule has 1 saturated heterocycles. The highest BCUT2D eigenvalue weighted by Crippen LogP contribution is 2.17. The Bertz CT molecular complexity index is 873. The zero-order valence-corrected chi connectivity index (χ0v) is 16.6. The molecule has 0 saturated carbocycles. The average Bonchev–Trinajstić information content (AvgIpc) is 3.03. The highest BCUT2D eigenvalue weighted by molar-refractivity contribution is 14.1. The number of carbonyl (C=O) groups is 3. The van der Waals surface area contributed by atoms with Gasteiger partial charge >= 0.3 is 12.0 Å². The molecule has 8 heteroatoms. The van der Waals surface area contributed by atoms with Gasteiger partial charge in [-0.1, -0.05) is 30.3 Å². The van der Waals surface area contributed by atoms with Crippen molar-refractivity contribution in [1.82, 2.24) is 9.80 Å². The maximum absolute atomic E-state index is 12.4. The molecule has 1 heterocycles. The lowest BCUT2D eigenvalue weighted by molar-refractivity contribution is -0.130. The van der Waals surface area contributed by atoms with Gasteiger partial charge in [0.2, 0.25) is 0 Å². The van der Waals surface area contributed by atoms with E-state index in [2.05, 4.69) is 22.6 Å². The largest absolute Gasteiger partial charge is 0.452 e. The number of nitrogens with two attached hydrogens (primary N) is 1. The number of esters is 1. The highest BCUT2D eigenvalue weighted by Gasteiger charge is 2.33. The zero-order valence-electron chi connectivity index (χ0n) is 14.4. The number of imide groups is 1. The minimum Gasteiger partial charge on any atom is -0.452 e. The van der Waals surface area contributed by atoms with E-state index in [4.69, 9.17) is 10.5 Å². The third-order valence-corrected chi connectivity index (χ3v) is 4.85. The Kier molecular flexibility index (Phi) is 5.94. The minimum atomic E-state index is -0.688. The molecule has 3 amide bonds. The normalized spacial score (nSPS) is 13.7. The van der Waals surface area contributed by atoms with Crippen LogP contribution in [0.5, 0.6) is 0 Å². The van der Waals surface area contributed by atoms with E-state index in [1.54, 1.807) is 23.1 Å². The predicted octanol–water partition coefficient (Wildman–Crippen LogP) is 2.49. The SMILES string of the molecule is Nc1ccc(I)cc1C(=O)OCC(=O)N1CCN(Cc2ccccc2)C1=O. The average molecular weight is 479 g/mol. The van der Waals surface area contributed by atoms with Crippen LogP contribution in [0.15, 0.2) is 48.5 Å². The second kappa shape index (κ2) is 8.38. The molecule has 27 heavy (non-hydrogen) atoms. The first-order valence-electron chi connectivity index (χ1n) is 8.31. The van der Waals surface area contributed by atoms with E-state index >= 15 is 0 Å². The Morgan fingerprint density at radius 2 is 1.85 bits per heavy atom. The number of hydrogen-bond acceptors (Lipinski definition) is 5. The van der Waals surface area contributed by atoms with Gasteiger partial charge in [0.25, 0.3) is 5.91 Å². The van der Waals surface area contributed by atoms with Crippen molar-refractivity contribution in [3.05, 3.63) is 63.2 Å². The second-order valence-corrected chi connectivity index (χ2v) is 7.29. The lowest BCUT2D eigenvalue weighted by atomic mass is 10.2. The molecule has 0 aliphatic carbocycles. The molecular formula is C19H18IN3O4. The summed E-state index contributed by atoms with van der Waals surface area (Å²) in [5.41, 5.74) is 7.24. The summed E-state index contributed by atoms with van der Waals surface area (Å²) >= 11 is 2.05. The molecule has 0 atom stereocenters. The lowest BCUT2D eigenvalue weighted by Crippen LogP contribution is -2.38. The molecule has 2 aromatic rings. The molecule has 3 rings (SSSR count). The summed E-state index contributed by atoms with van der Waals surface area (Å²) in [6, 6.07) is 14.1. The van der Waals surface area contributed by atoms with Crippen molar-refractivity contribution >= 4 is 46.2 Å². The van der Waals surface area contributed by atoms with E-state index in [0.29, 0.717) is 13.1 Å². The van der Waals surface area contributed by atoms with Crippen LogP contribution in [0.1, 0.15) is 15.9 Å². The third-order valence-electron chi connectivity index (χ3n) is 4.17. The summed E-state index contributed by atoms with van der Waals surface area (Å²) in [5.74, 6) is -1.24. The van der Waals surface area contributed by atoms with Crippen molar-refractivity contribution in [2.75, 3.05) is 25.4 Å². The Morgan fingerprint density at radius 3 is 2.59 bits per heavy atom. The van der Waals surface area contributed by atoms with Crippen molar-refractivity contribution < 1.29 is 19.1 Å². The zero-order chi connectivity index (χ0) is 19.4. The van der Waals surface area contributed by atoms with Gasteiger partial charge in [0, 0.05) is 28.9 Å². The predicted molar refractivity (Wildman–Crippen MR) is 108 cm³/mol. The van der Waals surface area contributed by atoms with Crippen molar-refractivity contribution in [3.63, 3.8) is 0 Å². The van der Waals surface area contributed by atoms with E-state index in [1.807, 2.05) is 30.3 Å². The maximum atomic E-state index is 12.4. The first-order chi connectivity index (χ1) is 13.0. The Morgan fingerprint density at radius 1 is 1.11 bits per heavy atom. The van der Waals surface area contributed by atoms with Crippen molar-refractivity contribution in [3.8, 4) is 0 Å². The van der Waals surface area contributed by atoms with E-state index in [-0.39, 0.29) is 23.8 Å². The molecule has 0 aromatic heterocycles. The monoisotopic (exact) mass is 479 g/mol. The topological polar surface area (TPSA) is 92.9 Å². The minimum absolute atomic E-state index is 0.202. The first kappa shape index (κ1) is 19.2. The third kappa shape index (κ3) is 4.57. The lowest BCUT2D eigenvalue weighted by Gasteiger charge is -2.17. The van der Waals surface area contributed by atoms with Gasteiger partial charge in [0.05, 0.1) is 5.56 Å². The van der Waals surface area contributed by atoms with Gasteiger partial charge in [0.1, 0.15) is 0 Å². The molecule has 1 aliphatic heterocycles. The summed E-state index contributed by atoms with van der Waals surface area (Å²) in [6.07, 6.45) is 0. The number of anilines is 1. The number of hydrogen-bond donors (Lipinski definition) is 1. The highest BCUT2D eigenvalue weighted by atomic mass is 127. The molecule has 2 aromatic carbocycles. The molecule has 140 valence electrons. The van der Waals surface area contributed by atoms with Crippen molar-refractivity contribution in [2.24, 2.45) is 0 Å². The smallest absolute Gasteiger partial charge is 0.340 e. The quantitative estimate of drug-likeness (QED) is 0.404.